The van der Waals surface area contributed by atoms with E-state index in [1.807, 2.05) is 11.8 Å². The van der Waals surface area contributed by atoms with Crippen molar-refractivity contribution >= 4 is 66.1 Å². The lowest BCUT2D eigenvalue weighted by Crippen LogP contribution is -1.97. The lowest BCUT2D eigenvalue weighted by Gasteiger charge is -2.22. The molecular formula is C52H32N2S. The Morgan fingerprint density at radius 1 is 0.291 bits per heavy atom. The molecule has 0 saturated carbocycles. The zero-order chi connectivity index (χ0) is 36.0. The molecule has 55 heavy (non-hydrogen) atoms. The first-order valence-corrected chi connectivity index (χ1v) is 19.7. The molecule has 3 heteroatoms. The number of aromatic nitrogens is 2. The third-order valence-corrected chi connectivity index (χ3v) is 12.6. The fraction of sp³-hybridized carbons (Fsp3) is 0. The largest absolute Gasteiger partial charge is 0.309 e. The topological polar surface area (TPSA) is 9.86 Å². The number of hydrogen-bond donors (Lipinski definition) is 0. The van der Waals surface area contributed by atoms with Crippen molar-refractivity contribution in [1.29, 1.82) is 0 Å². The molecule has 0 spiro atoms. The second-order valence-electron chi connectivity index (χ2n) is 14.5. The van der Waals surface area contributed by atoms with Crippen molar-refractivity contribution in [3.63, 3.8) is 0 Å². The Hall–Kier alpha value is -6.81. The molecule has 0 atom stereocenters. The minimum Gasteiger partial charge on any atom is -0.309 e. The van der Waals surface area contributed by atoms with Gasteiger partial charge in [-0.1, -0.05) is 145 Å². The standard InChI is InChI=1S/C52H32N2S/c1-3-12-33(13-4-1)35-25-29-47-44(30-35)39-16-7-9-20-45(39)53(47)38-26-22-34(23-27-38)36-24-28-40-41-18-11-19-43-51-42-17-8-10-21-46(42)54(37-14-5-2-6-15-37)48(51)32-50(52(41)43)55-49(40)31-36/h1-32H. The second-order valence-corrected chi connectivity index (χ2v) is 15.6. The lowest BCUT2D eigenvalue weighted by molar-refractivity contribution is 1.18. The minimum atomic E-state index is 1.16. The van der Waals surface area contributed by atoms with Crippen molar-refractivity contribution in [2.75, 3.05) is 0 Å². The molecule has 0 saturated heterocycles. The van der Waals surface area contributed by atoms with E-state index >= 15 is 0 Å². The molecule has 0 unspecified atom stereocenters. The number of fused-ring (bicyclic) bond motifs is 9. The zero-order valence-electron chi connectivity index (χ0n) is 29.8. The Balaban J connectivity index is 0.962. The van der Waals surface area contributed by atoms with Crippen LogP contribution in [0.2, 0.25) is 0 Å². The van der Waals surface area contributed by atoms with E-state index in [1.54, 1.807) is 0 Å². The van der Waals surface area contributed by atoms with Crippen LogP contribution in [0.25, 0.3) is 99.1 Å². The predicted molar refractivity (Wildman–Crippen MR) is 233 cm³/mol. The lowest BCUT2D eigenvalue weighted by atomic mass is 9.93. The van der Waals surface area contributed by atoms with Gasteiger partial charge in [-0.2, -0.15) is 0 Å². The molecule has 0 N–H and O–H groups in total. The summed E-state index contributed by atoms with van der Waals surface area (Å²) in [5, 5.41) is 7.81. The first kappa shape index (κ1) is 30.6. The number of benzene rings is 9. The third-order valence-electron chi connectivity index (χ3n) is 11.5. The Bertz CT molecular complexity index is 3320. The normalized spacial score (nSPS) is 12.3. The monoisotopic (exact) mass is 716 g/mol. The van der Waals surface area contributed by atoms with E-state index in [9.17, 15) is 0 Å². The Kier molecular flexibility index (Phi) is 6.60. The van der Waals surface area contributed by atoms with Crippen LogP contribution in [0, 0.1) is 0 Å². The van der Waals surface area contributed by atoms with Gasteiger partial charge in [0.05, 0.1) is 22.1 Å². The van der Waals surface area contributed by atoms with E-state index < -0.39 is 0 Å². The van der Waals surface area contributed by atoms with Gasteiger partial charge in [-0.25, -0.2) is 0 Å². The summed E-state index contributed by atoms with van der Waals surface area (Å²) in [6.07, 6.45) is 0. The summed E-state index contributed by atoms with van der Waals surface area (Å²) in [6.45, 7) is 0. The van der Waals surface area contributed by atoms with Gasteiger partial charge < -0.3 is 9.13 Å². The maximum atomic E-state index is 2.43. The van der Waals surface area contributed by atoms with Crippen LogP contribution in [0.1, 0.15) is 0 Å². The molecular weight excluding hydrogens is 685 g/mol. The predicted octanol–water partition coefficient (Wildman–Crippen LogP) is 14.5. The Morgan fingerprint density at radius 3 is 1.69 bits per heavy atom. The molecule has 0 aliphatic carbocycles. The van der Waals surface area contributed by atoms with Crippen LogP contribution < -0.4 is 0 Å². The summed E-state index contributed by atoms with van der Waals surface area (Å²) in [5.74, 6) is 0. The molecule has 0 radical (unpaired) electrons. The van der Waals surface area contributed by atoms with Crippen LogP contribution >= 0.6 is 11.8 Å². The van der Waals surface area contributed by atoms with Crippen LogP contribution in [-0.4, -0.2) is 9.13 Å². The van der Waals surface area contributed by atoms with Crippen molar-refractivity contribution in [3.8, 4) is 44.8 Å². The second kappa shape index (κ2) is 11.8. The van der Waals surface area contributed by atoms with E-state index in [-0.39, 0.29) is 0 Å². The summed E-state index contributed by atoms with van der Waals surface area (Å²) in [4.78, 5) is 2.60. The SMILES string of the molecule is c1ccc(-c2ccc3c(c2)c2ccccc2n3-c2ccc(-c3ccc4c(c3)Sc3cc5c(c6cccc-4c36)c3ccccc3n5-c3ccccc3)cc2)cc1. The molecule has 0 bridgehead atoms. The van der Waals surface area contributed by atoms with Gasteiger partial charge in [0.15, 0.2) is 0 Å². The summed E-state index contributed by atoms with van der Waals surface area (Å²) in [5.41, 5.74) is 14.8. The van der Waals surface area contributed by atoms with Crippen LogP contribution in [0.5, 0.6) is 0 Å². The molecule has 256 valence electrons. The van der Waals surface area contributed by atoms with E-state index in [1.165, 1.54) is 103 Å². The quantitative estimate of drug-likeness (QED) is 0.176. The molecule has 2 aromatic heterocycles. The van der Waals surface area contributed by atoms with Crippen molar-refractivity contribution < 1.29 is 0 Å². The third kappa shape index (κ3) is 4.57. The Morgan fingerprint density at radius 2 is 0.873 bits per heavy atom. The van der Waals surface area contributed by atoms with Gasteiger partial charge in [-0.15, -0.1) is 0 Å². The highest BCUT2D eigenvalue weighted by Gasteiger charge is 2.24. The highest BCUT2D eigenvalue weighted by molar-refractivity contribution is 7.99. The fourth-order valence-electron chi connectivity index (χ4n) is 9.05. The van der Waals surface area contributed by atoms with E-state index in [4.69, 9.17) is 0 Å². The molecule has 3 heterocycles. The van der Waals surface area contributed by atoms with Gasteiger partial charge >= 0.3 is 0 Å². The molecule has 12 rings (SSSR count). The van der Waals surface area contributed by atoms with Crippen molar-refractivity contribution in [1.82, 2.24) is 9.13 Å². The van der Waals surface area contributed by atoms with Crippen LogP contribution in [-0.2, 0) is 0 Å². The van der Waals surface area contributed by atoms with Crippen LogP contribution in [0.15, 0.2) is 204 Å². The summed E-state index contributed by atoms with van der Waals surface area (Å²) < 4.78 is 4.83. The first-order valence-electron chi connectivity index (χ1n) is 18.8. The molecule has 0 amide bonds. The first-order chi connectivity index (χ1) is 27.3. The molecule has 1 aliphatic rings. The van der Waals surface area contributed by atoms with Gasteiger partial charge in [0.25, 0.3) is 0 Å². The molecule has 1 aliphatic heterocycles. The molecule has 0 fully saturated rings. The molecule has 11 aromatic rings. The number of para-hydroxylation sites is 3. The average Bonchev–Trinajstić information content (AvgIpc) is 3.77. The van der Waals surface area contributed by atoms with Gasteiger partial charge in [0, 0.05) is 48.1 Å². The van der Waals surface area contributed by atoms with Crippen LogP contribution in [0.4, 0.5) is 0 Å². The highest BCUT2D eigenvalue weighted by Crippen LogP contribution is 2.52. The number of nitrogens with zero attached hydrogens (tertiary/aromatic N) is 2. The average molecular weight is 717 g/mol. The van der Waals surface area contributed by atoms with Gasteiger partial charge in [0.1, 0.15) is 0 Å². The summed E-state index contributed by atoms with van der Waals surface area (Å²) >= 11 is 1.90. The highest BCUT2D eigenvalue weighted by atomic mass is 32.2. The molecule has 2 nitrogen and oxygen atoms in total. The maximum absolute atomic E-state index is 2.43. The summed E-state index contributed by atoms with van der Waals surface area (Å²) in [7, 11) is 0. The van der Waals surface area contributed by atoms with Crippen molar-refractivity contribution in [2.24, 2.45) is 0 Å². The van der Waals surface area contributed by atoms with Gasteiger partial charge in [0.2, 0.25) is 0 Å². The number of rotatable bonds is 4. The van der Waals surface area contributed by atoms with E-state index in [0.717, 1.165) is 5.69 Å². The van der Waals surface area contributed by atoms with Gasteiger partial charge in [-0.3, -0.25) is 0 Å². The molecule has 9 aromatic carbocycles. The van der Waals surface area contributed by atoms with Crippen molar-refractivity contribution in [3.05, 3.63) is 194 Å². The minimum absolute atomic E-state index is 1.16. The summed E-state index contributed by atoms with van der Waals surface area (Å²) in [6, 6.07) is 71.3. The number of hydrogen-bond acceptors (Lipinski definition) is 1. The van der Waals surface area contributed by atoms with Gasteiger partial charge in [-0.05, 0) is 99.4 Å². The fourth-order valence-corrected chi connectivity index (χ4v) is 10.3. The van der Waals surface area contributed by atoms with E-state index in [2.05, 4.69) is 203 Å². The Labute approximate surface area is 322 Å². The van der Waals surface area contributed by atoms with Crippen LogP contribution in [0.3, 0.4) is 0 Å². The van der Waals surface area contributed by atoms with E-state index in [0.29, 0.717) is 0 Å². The smallest absolute Gasteiger partial charge is 0.0558 e. The maximum Gasteiger partial charge on any atom is 0.0558 e. The van der Waals surface area contributed by atoms with Crippen molar-refractivity contribution in [2.45, 2.75) is 9.79 Å². The zero-order valence-corrected chi connectivity index (χ0v) is 30.6.